The summed E-state index contributed by atoms with van der Waals surface area (Å²) in [4.78, 5) is 7.89. The molecule has 0 aliphatic heterocycles. The molecule has 1 heterocycles. The lowest BCUT2D eigenvalue weighted by Crippen LogP contribution is -2.11. The van der Waals surface area contributed by atoms with E-state index in [2.05, 4.69) is 9.97 Å². The number of methoxy groups -OCH3 is 1. The molecule has 0 amide bonds. The van der Waals surface area contributed by atoms with Crippen LogP contribution in [0.5, 0.6) is 5.75 Å². The number of nitrogens with two attached hydrogens (primary N) is 1. The summed E-state index contributed by atoms with van der Waals surface area (Å²) >= 11 is 0.568. The third kappa shape index (κ3) is 4.96. The van der Waals surface area contributed by atoms with Crippen LogP contribution in [0.1, 0.15) is 11.1 Å². The van der Waals surface area contributed by atoms with Crippen molar-refractivity contribution in [3.63, 3.8) is 0 Å². The number of alkyl halides is 6. The van der Waals surface area contributed by atoms with Crippen LogP contribution in [0.2, 0.25) is 0 Å². The van der Waals surface area contributed by atoms with Crippen molar-refractivity contribution in [2.75, 3.05) is 12.8 Å². The lowest BCUT2D eigenvalue weighted by Gasteiger charge is -2.14. The van der Waals surface area contributed by atoms with Gasteiger partial charge in [0.15, 0.2) is 5.82 Å². The fourth-order valence-corrected chi connectivity index (χ4v) is 3.35. The number of ether oxygens (including phenoxy) is 1. The molecule has 3 rings (SSSR count). The molecule has 0 aliphatic rings. The van der Waals surface area contributed by atoms with Crippen molar-refractivity contribution in [2.45, 2.75) is 22.3 Å². The van der Waals surface area contributed by atoms with Crippen LogP contribution in [0.25, 0.3) is 11.3 Å². The zero-order chi connectivity index (χ0) is 22.1. The monoisotopic (exact) mass is 445 g/mol. The number of benzene rings is 2. The largest absolute Gasteiger partial charge is 0.497 e. The van der Waals surface area contributed by atoms with E-state index in [1.54, 1.807) is 24.3 Å². The molecule has 0 unspecified atom stereocenters. The Morgan fingerprint density at radius 3 is 1.97 bits per heavy atom. The van der Waals surface area contributed by atoms with Gasteiger partial charge in [-0.05, 0) is 42.5 Å². The molecule has 0 radical (unpaired) electrons. The van der Waals surface area contributed by atoms with Gasteiger partial charge in [0.1, 0.15) is 10.8 Å². The molecule has 2 N–H and O–H groups in total. The van der Waals surface area contributed by atoms with Crippen LogP contribution in [0.4, 0.5) is 32.2 Å². The van der Waals surface area contributed by atoms with Crippen LogP contribution >= 0.6 is 11.8 Å². The molecule has 3 aromatic rings. The van der Waals surface area contributed by atoms with Crippen molar-refractivity contribution in [1.82, 2.24) is 9.97 Å². The lowest BCUT2D eigenvalue weighted by atomic mass is 10.1. The van der Waals surface area contributed by atoms with Crippen molar-refractivity contribution >= 4 is 17.6 Å². The summed E-state index contributed by atoms with van der Waals surface area (Å²) in [6.07, 6.45) is -8.54. The summed E-state index contributed by atoms with van der Waals surface area (Å²) in [7, 11) is 1.50. The Labute approximate surface area is 171 Å². The Bertz CT molecular complexity index is 1020. The number of aromatic nitrogens is 2. The van der Waals surface area contributed by atoms with Gasteiger partial charge in [-0.15, -0.1) is 0 Å². The number of halogens is 6. The Morgan fingerprint density at radius 1 is 0.900 bits per heavy atom. The third-order valence-electron chi connectivity index (χ3n) is 3.93. The molecule has 0 saturated carbocycles. The Kier molecular flexibility index (Phi) is 5.84. The van der Waals surface area contributed by atoms with Gasteiger partial charge in [-0.1, -0.05) is 11.8 Å². The Hall–Kier alpha value is -2.95. The molecule has 0 bridgehead atoms. The summed E-state index contributed by atoms with van der Waals surface area (Å²) in [6, 6.07) is 7.99. The molecule has 2 aromatic carbocycles. The predicted octanol–water partition coefficient (Wildman–Crippen LogP) is 5.92. The standard InChI is InChI=1S/C19H13F6N3OS/c1-29-13-4-2-10(3-5-13)15-9-27-16(26)17(28-15)30-14-7-11(18(20,21)22)6-12(8-14)19(23,24)25/h2-9H,1H3,(H2,26,27). The van der Waals surface area contributed by atoms with Gasteiger partial charge in [-0.25, -0.2) is 9.97 Å². The molecule has 0 fully saturated rings. The van der Waals surface area contributed by atoms with Crippen molar-refractivity contribution in [3.8, 4) is 17.0 Å². The van der Waals surface area contributed by atoms with E-state index in [0.29, 0.717) is 40.9 Å². The first kappa shape index (κ1) is 21.8. The van der Waals surface area contributed by atoms with E-state index in [0.717, 1.165) is 0 Å². The van der Waals surface area contributed by atoms with E-state index < -0.39 is 23.5 Å². The minimum Gasteiger partial charge on any atom is -0.497 e. The molecule has 4 nitrogen and oxygen atoms in total. The van der Waals surface area contributed by atoms with Crippen LogP contribution in [-0.4, -0.2) is 17.1 Å². The van der Waals surface area contributed by atoms with Gasteiger partial charge in [0.25, 0.3) is 0 Å². The summed E-state index contributed by atoms with van der Waals surface area (Å²) in [5.74, 6) is 0.476. The SMILES string of the molecule is COc1ccc(-c2cnc(N)c(Sc3cc(C(F)(F)F)cc(C(F)(F)F)c3)n2)cc1. The van der Waals surface area contributed by atoms with Crippen LogP contribution in [-0.2, 0) is 12.4 Å². The Balaban J connectivity index is 2.01. The maximum absolute atomic E-state index is 13.1. The second-order valence-electron chi connectivity index (χ2n) is 6.02. The maximum atomic E-state index is 13.1. The average molecular weight is 445 g/mol. The normalized spacial score (nSPS) is 12.1. The molecular weight excluding hydrogens is 432 g/mol. The summed E-state index contributed by atoms with van der Waals surface area (Å²) in [5, 5.41) is -0.0178. The second kappa shape index (κ2) is 8.05. The van der Waals surface area contributed by atoms with Crippen LogP contribution in [0.15, 0.2) is 58.6 Å². The van der Waals surface area contributed by atoms with Gasteiger partial charge in [-0.3, -0.25) is 0 Å². The van der Waals surface area contributed by atoms with Gasteiger partial charge in [0.05, 0.1) is 30.1 Å². The molecule has 0 atom stereocenters. The molecule has 158 valence electrons. The third-order valence-corrected chi connectivity index (χ3v) is 4.89. The van der Waals surface area contributed by atoms with Gasteiger partial charge < -0.3 is 10.5 Å². The van der Waals surface area contributed by atoms with Crippen molar-refractivity contribution in [3.05, 3.63) is 59.8 Å². The first-order chi connectivity index (χ1) is 14.0. The highest BCUT2D eigenvalue weighted by molar-refractivity contribution is 7.99. The number of hydrogen-bond donors (Lipinski definition) is 1. The molecule has 0 spiro atoms. The van der Waals surface area contributed by atoms with E-state index in [9.17, 15) is 26.3 Å². The quantitative estimate of drug-likeness (QED) is 0.505. The summed E-state index contributed by atoms with van der Waals surface area (Å²) in [5.41, 5.74) is 3.87. The van der Waals surface area contributed by atoms with E-state index in [1.807, 2.05) is 0 Å². The van der Waals surface area contributed by atoms with Crippen molar-refractivity contribution in [2.24, 2.45) is 0 Å². The highest BCUT2D eigenvalue weighted by Gasteiger charge is 2.37. The zero-order valence-electron chi connectivity index (χ0n) is 15.2. The van der Waals surface area contributed by atoms with Crippen LogP contribution < -0.4 is 10.5 Å². The van der Waals surface area contributed by atoms with E-state index >= 15 is 0 Å². The zero-order valence-corrected chi connectivity index (χ0v) is 16.0. The topological polar surface area (TPSA) is 61.0 Å². The van der Waals surface area contributed by atoms with E-state index in [-0.39, 0.29) is 21.8 Å². The summed E-state index contributed by atoms with van der Waals surface area (Å²) in [6.45, 7) is 0. The van der Waals surface area contributed by atoms with Crippen molar-refractivity contribution < 1.29 is 31.1 Å². The predicted molar refractivity (Wildman–Crippen MR) is 99.0 cm³/mol. The molecule has 11 heteroatoms. The number of nitrogens with zero attached hydrogens (tertiary/aromatic N) is 2. The van der Waals surface area contributed by atoms with Crippen LogP contribution in [0, 0.1) is 0 Å². The molecule has 30 heavy (non-hydrogen) atoms. The second-order valence-corrected chi connectivity index (χ2v) is 7.08. The molecular formula is C19H13F6N3OS. The fraction of sp³-hybridized carbons (Fsp3) is 0.158. The number of rotatable bonds is 4. The van der Waals surface area contributed by atoms with Gasteiger partial charge in [-0.2, -0.15) is 26.3 Å². The lowest BCUT2D eigenvalue weighted by molar-refractivity contribution is -0.143. The van der Waals surface area contributed by atoms with Crippen molar-refractivity contribution in [1.29, 1.82) is 0 Å². The first-order valence-corrected chi connectivity index (χ1v) is 9.03. The highest BCUT2D eigenvalue weighted by Crippen LogP contribution is 2.40. The molecule has 0 aliphatic carbocycles. The summed E-state index contributed by atoms with van der Waals surface area (Å²) < 4.78 is 83.4. The van der Waals surface area contributed by atoms with Gasteiger partial charge in [0, 0.05) is 10.5 Å². The Morgan fingerprint density at radius 2 is 1.47 bits per heavy atom. The first-order valence-electron chi connectivity index (χ1n) is 8.21. The smallest absolute Gasteiger partial charge is 0.416 e. The van der Waals surface area contributed by atoms with E-state index in [1.165, 1.54) is 13.3 Å². The van der Waals surface area contributed by atoms with Gasteiger partial charge in [0.2, 0.25) is 0 Å². The minimum absolute atomic E-state index is 0.0178. The number of anilines is 1. The fourth-order valence-electron chi connectivity index (χ4n) is 2.45. The van der Waals surface area contributed by atoms with Gasteiger partial charge >= 0.3 is 12.4 Å². The number of hydrogen-bond acceptors (Lipinski definition) is 5. The molecule has 1 aromatic heterocycles. The minimum atomic E-state index is -4.95. The van der Waals surface area contributed by atoms with Crippen LogP contribution in [0.3, 0.4) is 0 Å². The van der Waals surface area contributed by atoms with E-state index in [4.69, 9.17) is 10.5 Å². The highest BCUT2D eigenvalue weighted by atomic mass is 32.2. The average Bonchev–Trinajstić information content (AvgIpc) is 2.68. The molecule has 0 saturated heterocycles. The maximum Gasteiger partial charge on any atom is 0.416 e. The number of nitrogen functional groups attached to an aromatic ring is 1.